The summed E-state index contributed by atoms with van der Waals surface area (Å²) in [4.78, 5) is 22.9. The minimum absolute atomic E-state index is 0.0877. The van der Waals surface area contributed by atoms with Crippen molar-refractivity contribution in [2.24, 2.45) is 0 Å². The lowest BCUT2D eigenvalue weighted by molar-refractivity contribution is -0.220. The van der Waals surface area contributed by atoms with Crippen LogP contribution in [0.5, 0.6) is 0 Å². The van der Waals surface area contributed by atoms with Crippen LogP contribution in [0.2, 0.25) is 0 Å². The van der Waals surface area contributed by atoms with E-state index in [-0.39, 0.29) is 13.0 Å². The molecule has 0 amide bonds. The van der Waals surface area contributed by atoms with Gasteiger partial charge in [0.05, 0.1) is 13.2 Å². The third kappa shape index (κ3) is 21.8. The molecule has 0 aromatic rings. The number of phosphoric ester groups is 1. The highest BCUT2D eigenvalue weighted by atomic mass is 31.2. The number of aliphatic hydroxyl groups excluding tert-OH is 5. The van der Waals surface area contributed by atoms with Crippen molar-refractivity contribution in [3.8, 4) is 0 Å². The van der Waals surface area contributed by atoms with Gasteiger partial charge in [0.15, 0.2) is 0 Å². The summed E-state index contributed by atoms with van der Waals surface area (Å²) in [7, 11) is -5.01. The van der Waals surface area contributed by atoms with Gasteiger partial charge in [0.2, 0.25) is 0 Å². The molecule has 0 aromatic carbocycles. The van der Waals surface area contributed by atoms with Crippen LogP contribution in [0.3, 0.4) is 0 Å². The van der Waals surface area contributed by atoms with Crippen LogP contribution in [0.25, 0.3) is 0 Å². The molecule has 1 fully saturated rings. The molecule has 1 aliphatic rings. The summed E-state index contributed by atoms with van der Waals surface area (Å²) < 4.78 is 33.9. The van der Waals surface area contributed by atoms with Gasteiger partial charge in [-0.15, -0.1) is 0 Å². The summed E-state index contributed by atoms with van der Waals surface area (Å²) in [5.41, 5.74) is 0. The van der Waals surface area contributed by atoms with Gasteiger partial charge < -0.3 is 39.9 Å². The Kier molecular flexibility index (Phi) is 27.1. The Balaban J connectivity index is 2.52. The van der Waals surface area contributed by atoms with E-state index in [1.165, 1.54) is 44.9 Å². The molecule has 0 aromatic heterocycles. The fraction of sp³-hybridized carbons (Fsp3) is 0.811. The smallest absolute Gasteiger partial charge is 0.457 e. The second kappa shape index (κ2) is 29.1. The average Bonchev–Trinajstić information content (AvgIpc) is 3.09. The number of hydrogen-bond donors (Lipinski definition) is 6. The van der Waals surface area contributed by atoms with Crippen molar-refractivity contribution in [3.63, 3.8) is 0 Å². The summed E-state index contributed by atoms with van der Waals surface area (Å²) in [5.74, 6) is -0.508. The first-order chi connectivity index (χ1) is 24.0. The van der Waals surface area contributed by atoms with E-state index < -0.39 is 63.1 Å². The topological polar surface area (TPSA) is 192 Å². The minimum Gasteiger partial charge on any atom is -0.457 e. The zero-order valence-corrected chi connectivity index (χ0v) is 31.3. The lowest BCUT2D eigenvalue weighted by Gasteiger charge is -2.41. The summed E-state index contributed by atoms with van der Waals surface area (Å²) in [6, 6.07) is 0. The maximum Gasteiger partial charge on any atom is 0.472 e. The molecule has 0 heterocycles. The highest BCUT2D eigenvalue weighted by molar-refractivity contribution is 7.47. The summed E-state index contributed by atoms with van der Waals surface area (Å²) >= 11 is 0. The molecule has 0 bridgehead atoms. The first-order valence-corrected chi connectivity index (χ1v) is 20.3. The predicted molar refractivity (Wildman–Crippen MR) is 193 cm³/mol. The van der Waals surface area contributed by atoms with Crippen molar-refractivity contribution in [2.75, 3.05) is 19.8 Å². The molecule has 6 N–H and O–H groups in total. The number of carbonyl (C=O) groups excluding carboxylic acids is 1. The third-order valence-electron chi connectivity index (χ3n) is 8.53. The quantitative estimate of drug-likeness (QED) is 0.0220. The van der Waals surface area contributed by atoms with Crippen LogP contribution in [-0.2, 0) is 27.9 Å². The molecule has 292 valence electrons. The Morgan fingerprint density at radius 1 is 0.660 bits per heavy atom. The van der Waals surface area contributed by atoms with E-state index in [1.54, 1.807) is 0 Å². The number of carbonyl (C=O) groups is 1. The van der Waals surface area contributed by atoms with E-state index in [2.05, 4.69) is 50.3 Å². The molecule has 13 heteroatoms. The number of rotatable bonds is 30. The summed E-state index contributed by atoms with van der Waals surface area (Å²) in [6.45, 7) is 4.06. The predicted octanol–water partition coefficient (Wildman–Crippen LogP) is 5.97. The van der Waals surface area contributed by atoms with Crippen molar-refractivity contribution in [2.45, 2.75) is 172 Å². The maximum absolute atomic E-state index is 12.7. The van der Waals surface area contributed by atoms with Gasteiger partial charge in [-0.2, -0.15) is 0 Å². The van der Waals surface area contributed by atoms with E-state index >= 15 is 0 Å². The summed E-state index contributed by atoms with van der Waals surface area (Å²) in [6.07, 6.45) is 18.1. The monoisotopic (exact) mass is 734 g/mol. The van der Waals surface area contributed by atoms with E-state index in [4.69, 9.17) is 18.5 Å². The number of phosphoric acid groups is 1. The highest BCUT2D eigenvalue weighted by Crippen LogP contribution is 2.47. The second-order valence-electron chi connectivity index (χ2n) is 13.0. The van der Waals surface area contributed by atoms with Crippen molar-refractivity contribution >= 4 is 13.8 Å². The van der Waals surface area contributed by atoms with Crippen LogP contribution in [0.15, 0.2) is 36.5 Å². The number of ether oxygens (including phenoxy) is 2. The Hall–Kier alpha value is -1.44. The molecule has 1 saturated carbocycles. The van der Waals surface area contributed by atoms with Crippen LogP contribution >= 0.6 is 7.82 Å². The van der Waals surface area contributed by atoms with Gasteiger partial charge in [0.25, 0.3) is 0 Å². The molecule has 12 nitrogen and oxygen atoms in total. The Morgan fingerprint density at radius 3 is 1.78 bits per heavy atom. The Labute approximate surface area is 300 Å². The molecular weight excluding hydrogens is 667 g/mol. The van der Waals surface area contributed by atoms with E-state index in [9.17, 15) is 39.8 Å². The molecule has 1 rings (SSSR count). The third-order valence-corrected chi connectivity index (χ3v) is 9.51. The number of unbranched alkanes of at least 4 members (excludes halogenated alkanes) is 12. The van der Waals surface area contributed by atoms with Crippen molar-refractivity contribution in [3.05, 3.63) is 36.5 Å². The second-order valence-corrected chi connectivity index (χ2v) is 14.5. The minimum atomic E-state index is -5.01. The maximum atomic E-state index is 12.7. The molecule has 0 spiro atoms. The SMILES string of the molecule is CC/C=C\C/C=C\C/C=C\CCCCCC(=O)OC(COCCCCCCCCCCCC)COP(=O)(O)OC1C(O)C(O)C(O)C(O)C1O. The van der Waals surface area contributed by atoms with Crippen molar-refractivity contribution in [1.82, 2.24) is 0 Å². The standard InChI is InChI=1S/C37H67O12P/c1-3-5-7-9-11-13-15-16-17-18-20-22-24-26-31(38)48-30(28-46-27-25-23-21-19-14-12-10-8-6-4-2)29-47-50(44,45)49-37-35(42)33(40)32(39)34(41)36(37)43/h5,7,11,13,16-17,30,32-37,39-43H,3-4,6,8-10,12,14-15,18-29H2,1-2H3,(H,44,45)/b7-5-,13-11-,17-16-. The van der Waals surface area contributed by atoms with Gasteiger partial charge in [0.1, 0.15) is 42.7 Å². The largest absolute Gasteiger partial charge is 0.472 e. The van der Waals surface area contributed by atoms with Crippen LogP contribution in [0, 0.1) is 0 Å². The molecular formula is C37H67O12P. The highest BCUT2D eigenvalue weighted by Gasteiger charge is 2.51. The average molecular weight is 735 g/mol. The van der Waals surface area contributed by atoms with Crippen LogP contribution in [-0.4, -0.2) is 98.9 Å². The number of aliphatic hydroxyl groups is 5. The first-order valence-electron chi connectivity index (χ1n) is 18.8. The zero-order chi connectivity index (χ0) is 37.0. The van der Waals surface area contributed by atoms with E-state index in [0.717, 1.165) is 57.8 Å². The Bertz CT molecular complexity index is 974. The van der Waals surface area contributed by atoms with Crippen LogP contribution in [0.4, 0.5) is 0 Å². The lowest BCUT2D eigenvalue weighted by Crippen LogP contribution is -2.64. The molecule has 1 aliphatic carbocycles. The van der Waals surface area contributed by atoms with Crippen molar-refractivity contribution in [1.29, 1.82) is 0 Å². The van der Waals surface area contributed by atoms with Gasteiger partial charge in [-0.1, -0.05) is 115 Å². The molecule has 0 saturated heterocycles. The van der Waals surface area contributed by atoms with Crippen LogP contribution in [0.1, 0.15) is 129 Å². The fourth-order valence-electron chi connectivity index (χ4n) is 5.49. The van der Waals surface area contributed by atoms with Gasteiger partial charge in [-0.25, -0.2) is 4.57 Å². The molecule has 0 radical (unpaired) electrons. The van der Waals surface area contributed by atoms with Gasteiger partial charge in [-0.05, 0) is 44.9 Å². The van der Waals surface area contributed by atoms with Gasteiger partial charge >= 0.3 is 13.8 Å². The van der Waals surface area contributed by atoms with Gasteiger partial charge in [0, 0.05) is 13.0 Å². The number of hydrogen-bond acceptors (Lipinski definition) is 11. The number of esters is 1. The molecule has 0 aliphatic heterocycles. The number of allylic oxidation sites excluding steroid dienone is 6. The van der Waals surface area contributed by atoms with E-state index in [0.29, 0.717) is 13.0 Å². The molecule has 6 unspecified atom stereocenters. The van der Waals surface area contributed by atoms with E-state index in [1.807, 2.05) is 0 Å². The van der Waals surface area contributed by atoms with Gasteiger partial charge in [-0.3, -0.25) is 13.8 Å². The summed E-state index contributed by atoms with van der Waals surface area (Å²) in [5, 5.41) is 49.9. The lowest BCUT2D eigenvalue weighted by atomic mass is 9.85. The normalized spacial score (nSPS) is 24.7. The Morgan fingerprint density at radius 2 is 1.18 bits per heavy atom. The molecule has 50 heavy (non-hydrogen) atoms. The fourth-order valence-corrected chi connectivity index (χ4v) is 6.46. The molecule has 6 atom stereocenters. The zero-order valence-electron chi connectivity index (χ0n) is 30.4. The van der Waals surface area contributed by atoms with Crippen molar-refractivity contribution < 1.29 is 58.3 Å². The first kappa shape index (κ1) is 46.6. The van der Waals surface area contributed by atoms with Crippen LogP contribution < -0.4 is 0 Å².